The third kappa shape index (κ3) is 6.30. The fraction of sp³-hybridized carbons (Fsp3) is 0.346. The van der Waals surface area contributed by atoms with E-state index in [4.69, 9.17) is 4.42 Å². The van der Waals surface area contributed by atoms with Crippen LogP contribution in [0.5, 0.6) is 0 Å². The van der Waals surface area contributed by atoms with Gasteiger partial charge in [-0.25, -0.2) is 16.8 Å². The van der Waals surface area contributed by atoms with Crippen molar-refractivity contribution >= 4 is 31.6 Å². The molecule has 1 aliphatic heterocycles. The molecular formula is C26H31N3O6S2. The number of furan rings is 1. The van der Waals surface area contributed by atoms with E-state index in [9.17, 15) is 21.6 Å². The molecule has 11 heteroatoms. The van der Waals surface area contributed by atoms with Crippen LogP contribution in [0.4, 0.5) is 5.69 Å². The Kier molecular flexibility index (Phi) is 8.48. The summed E-state index contributed by atoms with van der Waals surface area (Å²) in [6.07, 6.45) is 4.75. The van der Waals surface area contributed by atoms with Gasteiger partial charge >= 0.3 is 0 Å². The molecule has 1 unspecified atom stereocenters. The lowest BCUT2D eigenvalue weighted by Crippen LogP contribution is -2.43. The number of hydrogen-bond donors (Lipinski definition) is 1. The Bertz CT molecular complexity index is 1390. The molecule has 0 aliphatic carbocycles. The third-order valence-corrected chi connectivity index (χ3v) is 10.2. The topological polar surface area (TPSA) is 117 Å². The largest absolute Gasteiger partial charge is 0.468 e. The number of rotatable bonds is 10. The molecular weight excluding hydrogens is 514 g/mol. The zero-order valence-electron chi connectivity index (χ0n) is 20.6. The number of amides is 1. The minimum Gasteiger partial charge on any atom is -0.468 e. The van der Waals surface area contributed by atoms with Gasteiger partial charge in [-0.15, -0.1) is 0 Å². The minimum atomic E-state index is -4.16. The van der Waals surface area contributed by atoms with Crippen molar-refractivity contribution in [3.05, 3.63) is 78.8 Å². The molecule has 198 valence electrons. The van der Waals surface area contributed by atoms with Crippen LogP contribution in [0.25, 0.3) is 0 Å². The second-order valence-corrected chi connectivity index (χ2v) is 12.7. The maximum atomic E-state index is 13.6. The summed E-state index contributed by atoms with van der Waals surface area (Å²) < 4.78 is 61.5. The van der Waals surface area contributed by atoms with E-state index in [1.54, 1.807) is 42.5 Å². The number of nitrogens with one attached hydrogen (secondary N) is 1. The average molecular weight is 546 g/mol. The Morgan fingerprint density at radius 3 is 2.32 bits per heavy atom. The van der Waals surface area contributed by atoms with Crippen LogP contribution in [0, 0.1) is 0 Å². The number of benzene rings is 2. The number of carbonyl (C=O) groups excluding carboxylic acids is 1. The molecule has 0 saturated carbocycles. The summed E-state index contributed by atoms with van der Waals surface area (Å²) in [6.45, 7) is 1.80. The molecule has 9 nitrogen and oxygen atoms in total. The SMILES string of the molecule is CCC1CCCCN1S(=O)(=O)c1ccc(S(=O)(=O)N(CC(=O)Nc2ccccc2)Cc2ccco2)cc1. The first-order valence-electron chi connectivity index (χ1n) is 12.2. The predicted molar refractivity (Wildman–Crippen MR) is 140 cm³/mol. The molecule has 4 rings (SSSR count). The first-order valence-corrected chi connectivity index (χ1v) is 15.1. The Morgan fingerprint density at radius 1 is 0.973 bits per heavy atom. The van der Waals surface area contributed by atoms with Gasteiger partial charge in [0.1, 0.15) is 5.76 Å². The summed E-state index contributed by atoms with van der Waals surface area (Å²) >= 11 is 0. The van der Waals surface area contributed by atoms with Gasteiger partial charge in [-0.3, -0.25) is 4.79 Å². The molecule has 1 aliphatic rings. The van der Waals surface area contributed by atoms with E-state index in [0.717, 1.165) is 30.0 Å². The van der Waals surface area contributed by atoms with Gasteiger partial charge in [0.05, 0.1) is 29.1 Å². The van der Waals surface area contributed by atoms with Crippen LogP contribution in [0.1, 0.15) is 38.4 Å². The van der Waals surface area contributed by atoms with Gasteiger partial charge in [-0.2, -0.15) is 8.61 Å². The smallest absolute Gasteiger partial charge is 0.243 e. The maximum absolute atomic E-state index is 13.6. The number of nitrogens with zero attached hydrogens (tertiary/aromatic N) is 2. The number of carbonyl (C=O) groups is 1. The highest BCUT2D eigenvalue weighted by Crippen LogP contribution is 2.28. The summed E-state index contributed by atoms with van der Waals surface area (Å²) in [5.41, 5.74) is 0.542. The second kappa shape index (κ2) is 11.6. The third-order valence-electron chi connectivity index (χ3n) is 6.40. The van der Waals surface area contributed by atoms with Crippen LogP contribution >= 0.6 is 0 Å². The molecule has 37 heavy (non-hydrogen) atoms. The van der Waals surface area contributed by atoms with Crippen molar-refractivity contribution in [2.24, 2.45) is 0 Å². The Hall–Kier alpha value is -2.99. The lowest BCUT2D eigenvalue weighted by atomic mass is 10.0. The summed E-state index contributed by atoms with van der Waals surface area (Å²) in [4.78, 5) is 12.6. The predicted octanol–water partition coefficient (Wildman–Crippen LogP) is 4.06. The van der Waals surface area contributed by atoms with E-state index in [2.05, 4.69) is 5.32 Å². The van der Waals surface area contributed by atoms with Crippen molar-refractivity contribution in [2.45, 2.75) is 55.0 Å². The van der Waals surface area contributed by atoms with Crippen molar-refractivity contribution in [1.82, 2.24) is 8.61 Å². The van der Waals surface area contributed by atoms with Crippen LogP contribution in [0.2, 0.25) is 0 Å². The van der Waals surface area contributed by atoms with Gasteiger partial charge < -0.3 is 9.73 Å². The van der Waals surface area contributed by atoms with Gasteiger partial charge in [-0.05, 0) is 67.8 Å². The van der Waals surface area contributed by atoms with Gasteiger partial charge in [0.15, 0.2) is 0 Å². The number of hydrogen-bond acceptors (Lipinski definition) is 6. The van der Waals surface area contributed by atoms with Crippen molar-refractivity contribution in [2.75, 3.05) is 18.4 Å². The van der Waals surface area contributed by atoms with E-state index in [0.29, 0.717) is 18.0 Å². The molecule has 1 fully saturated rings. The highest BCUT2D eigenvalue weighted by Gasteiger charge is 2.33. The Labute approximate surface area is 218 Å². The van der Waals surface area contributed by atoms with E-state index < -0.39 is 32.5 Å². The summed E-state index contributed by atoms with van der Waals surface area (Å²) in [7, 11) is -7.92. The standard InChI is InChI=1S/C26H31N3O6S2/c1-2-22-11-6-7-17-29(22)37(33,34)25-15-13-24(14-16-25)36(31,32)28(19-23-12-8-18-35-23)20-26(30)27-21-9-4-3-5-10-21/h3-5,8-10,12-16,18,22H,2,6-7,11,17,19-20H2,1H3,(H,27,30). The minimum absolute atomic E-state index is 0.0474. The van der Waals surface area contributed by atoms with Crippen LogP contribution in [-0.2, 0) is 31.4 Å². The maximum Gasteiger partial charge on any atom is 0.243 e. The van der Waals surface area contributed by atoms with Crippen molar-refractivity contribution in [1.29, 1.82) is 0 Å². The van der Waals surface area contributed by atoms with Crippen LogP contribution in [0.3, 0.4) is 0 Å². The van der Waals surface area contributed by atoms with Crippen LogP contribution in [0.15, 0.2) is 87.2 Å². The molecule has 1 amide bonds. The lowest BCUT2D eigenvalue weighted by molar-refractivity contribution is -0.116. The first kappa shape index (κ1) is 27.1. The number of piperidine rings is 1. The van der Waals surface area contributed by atoms with Gasteiger partial charge in [0, 0.05) is 18.3 Å². The zero-order valence-corrected chi connectivity index (χ0v) is 22.2. The molecule has 1 N–H and O–H groups in total. The highest BCUT2D eigenvalue weighted by atomic mass is 32.2. The molecule has 1 atom stereocenters. The van der Waals surface area contributed by atoms with E-state index in [-0.39, 0.29) is 22.4 Å². The first-order chi connectivity index (χ1) is 17.7. The quantitative estimate of drug-likeness (QED) is 0.411. The number of sulfonamides is 2. The van der Waals surface area contributed by atoms with Crippen LogP contribution in [-0.4, -0.2) is 50.5 Å². The average Bonchev–Trinajstić information content (AvgIpc) is 3.42. The second-order valence-electron chi connectivity index (χ2n) is 8.91. The summed E-state index contributed by atoms with van der Waals surface area (Å²) in [5, 5.41) is 2.69. The molecule has 2 aromatic carbocycles. The zero-order chi connectivity index (χ0) is 26.5. The molecule has 0 radical (unpaired) electrons. The fourth-order valence-corrected chi connectivity index (χ4v) is 7.58. The molecule has 1 aromatic heterocycles. The monoisotopic (exact) mass is 545 g/mol. The van der Waals surface area contributed by atoms with Gasteiger partial charge in [0.25, 0.3) is 0 Å². The fourth-order valence-electron chi connectivity index (χ4n) is 4.45. The van der Waals surface area contributed by atoms with Gasteiger partial charge in [0.2, 0.25) is 26.0 Å². The van der Waals surface area contributed by atoms with E-state index in [1.165, 1.54) is 34.8 Å². The summed E-state index contributed by atoms with van der Waals surface area (Å²) in [5.74, 6) is -0.151. The highest BCUT2D eigenvalue weighted by molar-refractivity contribution is 7.89. The Morgan fingerprint density at radius 2 is 1.68 bits per heavy atom. The molecule has 0 bridgehead atoms. The Balaban J connectivity index is 1.58. The van der Waals surface area contributed by atoms with Crippen molar-refractivity contribution in [3.63, 3.8) is 0 Å². The normalized spacial score (nSPS) is 17.1. The molecule has 0 spiro atoms. The number of anilines is 1. The molecule has 3 aromatic rings. The van der Waals surface area contributed by atoms with Crippen molar-refractivity contribution in [3.8, 4) is 0 Å². The van der Waals surface area contributed by atoms with E-state index >= 15 is 0 Å². The lowest BCUT2D eigenvalue weighted by Gasteiger charge is -2.34. The molecule has 2 heterocycles. The summed E-state index contributed by atoms with van der Waals surface area (Å²) in [6, 6.07) is 17.1. The van der Waals surface area contributed by atoms with Gasteiger partial charge in [-0.1, -0.05) is 31.5 Å². The molecule has 1 saturated heterocycles. The van der Waals surface area contributed by atoms with Crippen molar-refractivity contribution < 1.29 is 26.0 Å². The van der Waals surface area contributed by atoms with E-state index in [1.807, 2.05) is 6.92 Å². The number of para-hydroxylation sites is 1. The van der Waals surface area contributed by atoms with Crippen LogP contribution < -0.4 is 5.32 Å².